The van der Waals surface area contributed by atoms with Crippen molar-refractivity contribution in [3.05, 3.63) is 0 Å². The number of halogens is 1. The maximum atomic E-state index is 9.14. The molecule has 0 aliphatic carbocycles. The summed E-state index contributed by atoms with van der Waals surface area (Å²) in [6.07, 6.45) is 3.77. The molecule has 2 aliphatic rings. The van der Waals surface area contributed by atoms with E-state index in [4.69, 9.17) is 5.11 Å². The molecule has 0 aromatic carbocycles. The van der Waals surface area contributed by atoms with Crippen molar-refractivity contribution in [1.82, 2.24) is 4.90 Å². The molecule has 1 N–H and O–H groups in total. The minimum Gasteiger partial charge on any atom is -0.396 e. The summed E-state index contributed by atoms with van der Waals surface area (Å²) in [6, 6.07) is 0. The first-order valence-corrected chi connectivity index (χ1v) is 4.18. The molecule has 2 heterocycles. The second-order valence-electron chi connectivity index (χ2n) is 3.79. The Bertz CT molecular complexity index is 138. The lowest BCUT2D eigenvalue weighted by atomic mass is 9.82. The molecule has 2 saturated heterocycles. The number of aliphatic hydroxyl groups excluding tert-OH is 1. The minimum absolute atomic E-state index is 0. The van der Waals surface area contributed by atoms with Gasteiger partial charge in [0.25, 0.3) is 0 Å². The number of hydrogen-bond acceptors (Lipinski definition) is 2. The van der Waals surface area contributed by atoms with Crippen LogP contribution in [0, 0.1) is 5.41 Å². The number of hydrogen-bond donors (Lipinski definition) is 1. The lowest BCUT2D eigenvalue weighted by Gasteiger charge is -2.31. The van der Waals surface area contributed by atoms with Crippen LogP contribution in [0.5, 0.6) is 0 Å². The van der Waals surface area contributed by atoms with E-state index in [0.717, 1.165) is 6.54 Å². The first kappa shape index (κ1) is 9.49. The van der Waals surface area contributed by atoms with Crippen LogP contribution in [-0.4, -0.2) is 36.2 Å². The van der Waals surface area contributed by atoms with Crippen LogP contribution >= 0.6 is 17.0 Å². The molecule has 0 radical (unpaired) electrons. The molecule has 2 nitrogen and oxygen atoms in total. The monoisotopic (exact) mass is 221 g/mol. The fraction of sp³-hybridized carbons (Fsp3) is 1.00. The lowest BCUT2D eigenvalue weighted by molar-refractivity contribution is 0.0935. The summed E-state index contributed by atoms with van der Waals surface area (Å²) < 4.78 is 0. The first-order valence-electron chi connectivity index (χ1n) is 4.18. The van der Waals surface area contributed by atoms with Gasteiger partial charge in [-0.05, 0) is 32.4 Å². The number of rotatable bonds is 1. The molecule has 0 aromatic rings. The van der Waals surface area contributed by atoms with Gasteiger partial charge in [0.1, 0.15) is 0 Å². The van der Waals surface area contributed by atoms with E-state index >= 15 is 0 Å². The molecule has 0 aromatic heterocycles. The molecule has 2 rings (SSSR count). The normalized spacial score (nSPS) is 41.7. The van der Waals surface area contributed by atoms with Gasteiger partial charge in [0.2, 0.25) is 0 Å². The summed E-state index contributed by atoms with van der Waals surface area (Å²) in [5, 5.41) is 9.14. The summed E-state index contributed by atoms with van der Waals surface area (Å²) in [7, 11) is 0. The molecule has 0 amide bonds. The van der Waals surface area contributed by atoms with E-state index in [1.165, 1.54) is 32.4 Å². The van der Waals surface area contributed by atoms with E-state index < -0.39 is 0 Å². The van der Waals surface area contributed by atoms with Crippen molar-refractivity contribution in [3.8, 4) is 0 Å². The van der Waals surface area contributed by atoms with E-state index in [0.29, 0.717) is 12.0 Å². The Labute approximate surface area is 78.3 Å². The fourth-order valence-electron chi connectivity index (χ4n) is 2.31. The molecule has 66 valence electrons. The molecule has 2 atom stereocenters. The largest absolute Gasteiger partial charge is 0.396 e. The molecular formula is C8H16BrNO. The van der Waals surface area contributed by atoms with Gasteiger partial charge in [-0.1, -0.05) is 0 Å². The van der Waals surface area contributed by atoms with E-state index in [1.54, 1.807) is 0 Å². The maximum Gasteiger partial charge on any atom is 0.0500 e. The fourth-order valence-corrected chi connectivity index (χ4v) is 2.31. The highest BCUT2D eigenvalue weighted by Crippen LogP contribution is 2.38. The van der Waals surface area contributed by atoms with Gasteiger partial charge in [-0.15, -0.1) is 17.0 Å². The zero-order valence-corrected chi connectivity index (χ0v) is 8.47. The third kappa shape index (κ3) is 1.60. The number of aliphatic hydroxyl groups is 1. The topological polar surface area (TPSA) is 23.5 Å². The van der Waals surface area contributed by atoms with Crippen molar-refractivity contribution in [3.63, 3.8) is 0 Å². The van der Waals surface area contributed by atoms with Crippen molar-refractivity contribution in [1.29, 1.82) is 0 Å². The Hall–Kier alpha value is 0.400. The lowest BCUT2D eigenvalue weighted by Crippen LogP contribution is -2.35. The Balaban J connectivity index is 0.000000605. The maximum absolute atomic E-state index is 9.14. The molecule has 2 fully saturated rings. The van der Waals surface area contributed by atoms with Crippen LogP contribution in [0.4, 0.5) is 0 Å². The molecular weight excluding hydrogens is 206 g/mol. The molecule has 11 heavy (non-hydrogen) atoms. The van der Waals surface area contributed by atoms with Gasteiger partial charge < -0.3 is 10.0 Å². The van der Waals surface area contributed by atoms with Gasteiger partial charge in [0.15, 0.2) is 0 Å². The average molecular weight is 222 g/mol. The van der Waals surface area contributed by atoms with E-state index in [1.807, 2.05) is 0 Å². The SMILES string of the molecule is Br.OCC12CCCN(CC1)C2. The van der Waals surface area contributed by atoms with Crippen molar-refractivity contribution in [2.24, 2.45) is 5.41 Å². The molecule has 0 saturated carbocycles. The summed E-state index contributed by atoms with van der Waals surface area (Å²) in [4.78, 5) is 2.47. The van der Waals surface area contributed by atoms with Gasteiger partial charge in [-0.3, -0.25) is 0 Å². The molecule has 2 unspecified atom stereocenters. The van der Waals surface area contributed by atoms with Gasteiger partial charge in [0.05, 0.1) is 0 Å². The van der Waals surface area contributed by atoms with Gasteiger partial charge in [-0.2, -0.15) is 0 Å². The van der Waals surface area contributed by atoms with Gasteiger partial charge in [-0.25, -0.2) is 0 Å². The predicted molar refractivity (Wildman–Crippen MR) is 50.1 cm³/mol. The summed E-state index contributed by atoms with van der Waals surface area (Å²) in [6.45, 7) is 4.05. The Morgan fingerprint density at radius 1 is 1.27 bits per heavy atom. The van der Waals surface area contributed by atoms with E-state index in [-0.39, 0.29) is 17.0 Å². The van der Waals surface area contributed by atoms with Crippen LogP contribution in [-0.2, 0) is 0 Å². The highest BCUT2D eigenvalue weighted by atomic mass is 79.9. The van der Waals surface area contributed by atoms with Crippen LogP contribution in [0.15, 0.2) is 0 Å². The van der Waals surface area contributed by atoms with Crippen molar-refractivity contribution < 1.29 is 5.11 Å². The van der Waals surface area contributed by atoms with Crippen molar-refractivity contribution in [2.75, 3.05) is 26.2 Å². The smallest absolute Gasteiger partial charge is 0.0500 e. The first-order chi connectivity index (χ1) is 4.85. The summed E-state index contributed by atoms with van der Waals surface area (Å²) in [5.41, 5.74) is 0.318. The zero-order chi connectivity index (χ0) is 7.03. The second kappa shape index (κ2) is 3.42. The highest BCUT2D eigenvalue weighted by Gasteiger charge is 2.39. The molecule has 0 spiro atoms. The standard InChI is InChI=1S/C8H15NO.BrH/c10-7-8-2-1-4-9(6-8)5-3-8;/h10H,1-7H2;1H. The number of piperidine rings is 1. The van der Waals surface area contributed by atoms with Crippen LogP contribution in [0.2, 0.25) is 0 Å². The van der Waals surface area contributed by atoms with Gasteiger partial charge >= 0.3 is 0 Å². The molecule has 2 aliphatic heterocycles. The third-order valence-electron chi connectivity index (χ3n) is 3.03. The summed E-state index contributed by atoms with van der Waals surface area (Å²) in [5.74, 6) is 0. The number of fused-ring (bicyclic) bond motifs is 2. The van der Waals surface area contributed by atoms with Crippen LogP contribution < -0.4 is 0 Å². The van der Waals surface area contributed by atoms with E-state index in [9.17, 15) is 0 Å². The summed E-state index contributed by atoms with van der Waals surface area (Å²) >= 11 is 0. The van der Waals surface area contributed by atoms with Crippen LogP contribution in [0.1, 0.15) is 19.3 Å². The Morgan fingerprint density at radius 2 is 2.09 bits per heavy atom. The van der Waals surface area contributed by atoms with Crippen LogP contribution in [0.3, 0.4) is 0 Å². The van der Waals surface area contributed by atoms with Crippen molar-refractivity contribution >= 4 is 17.0 Å². The third-order valence-corrected chi connectivity index (χ3v) is 3.03. The molecule has 2 bridgehead atoms. The molecule has 3 heteroatoms. The Kier molecular flexibility index (Phi) is 2.95. The quantitative estimate of drug-likeness (QED) is 0.716. The van der Waals surface area contributed by atoms with E-state index in [2.05, 4.69) is 4.90 Å². The highest BCUT2D eigenvalue weighted by molar-refractivity contribution is 8.93. The number of nitrogens with zero attached hydrogens (tertiary/aromatic N) is 1. The average Bonchev–Trinajstić information content (AvgIpc) is 2.29. The minimum atomic E-state index is 0. The van der Waals surface area contributed by atoms with Crippen molar-refractivity contribution in [2.45, 2.75) is 19.3 Å². The van der Waals surface area contributed by atoms with Gasteiger partial charge in [0, 0.05) is 18.6 Å². The Morgan fingerprint density at radius 3 is 2.73 bits per heavy atom. The zero-order valence-electron chi connectivity index (χ0n) is 6.75. The van der Waals surface area contributed by atoms with Crippen LogP contribution in [0.25, 0.3) is 0 Å². The predicted octanol–water partition coefficient (Wildman–Crippen LogP) is 1.04. The second-order valence-corrected chi connectivity index (χ2v) is 3.79.